The minimum Gasteiger partial charge on any atom is -0.381 e. The molecular formula is C12H19NO2S. The van der Waals surface area contributed by atoms with Crippen molar-refractivity contribution < 1.29 is 9.53 Å². The molecule has 2 unspecified atom stereocenters. The maximum Gasteiger partial charge on any atom is 0.221 e. The molecule has 0 saturated carbocycles. The SMILES string of the molecule is CC1CC2(CS1)CC(=O)NC21CCOCC1. The maximum absolute atomic E-state index is 11.8. The van der Waals surface area contributed by atoms with Crippen LogP contribution in [0.2, 0.25) is 0 Å². The average molecular weight is 241 g/mol. The number of carbonyl (C=O) groups excluding carboxylic acids is 1. The van der Waals surface area contributed by atoms with Crippen molar-refractivity contribution in [2.75, 3.05) is 19.0 Å². The fraction of sp³-hybridized carbons (Fsp3) is 0.917. The third-order valence-corrected chi connectivity index (χ3v) is 6.02. The Morgan fingerprint density at radius 2 is 2.19 bits per heavy atom. The molecule has 3 fully saturated rings. The molecule has 0 aliphatic carbocycles. The molecule has 3 heterocycles. The van der Waals surface area contributed by atoms with Gasteiger partial charge in [-0.05, 0) is 19.3 Å². The van der Waals surface area contributed by atoms with E-state index in [2.05, 4.69) is 12.2 Å². The van der Waals surface area contributed by atoms with Crippen LogP contribution < -0.4 is 5.32 Å². The van der Waals surface area contributed by atoms with Gasteiger partial charge in [-0.25, -0.2) is 0 Å². The van der Waals surface area contributed by atoms with E-state index in [-0.39, 0.29) is 16.9 Å². The van der Waals surface area contributed by atoms with Crippen molar-refractivity contribution in [2.24, 2.45) is 5.41 Å². The highest BCUT2D eigenvalue weighted by Gasteiger charge is 2.60. The molecule has 0 radical (unpaired) electrons. The molecule has 1 N–H and O–H groups in total. The molecular weight excluding hydrogens is 222 g/mol. The molecule has 3 saturated heterocycles. The summed E-state index contributed by atoms with van der Waals surface area (Å²) >= 11 is 2.03. The summed E-state index contributed by atoms with van der Waals surface area (Å²) in [6.45, 7) is 3.90. The minimum absolute atomic E-state index is 0.0556. The smallest absolute Gasteiger partial charge is 0.221 e. The summed E-state index contributed by atoms with van der Waals surface area (Å²) in [5.74, 6) is 1.41. The van der Waals surface area contributed by atoms with Crippen LogP contribution in [0.15, 0.2) is 0 Å². The van der Waals surface area contributed by atoms with Gasteiger partial charge in [-0.2, -0.15) is 11.8 Å². The molecule has 0 bridgehead atoms. The van der Waals surface area contributed by atoms with E-state index in [4.69, 9.17) is 4.74 Å². The van der Waals surface area contributed by atoms with Gasteiger partial charge in [0.05, 0.1) is 5.54 Å². The monoisotopic (exact) mass is 241 g/mol. The molecule has 3 aliphatic heterocycles. The topological polar surface area (TPSA) is 38.3 Å². The van der Waals surface area contributed by atoms with Crippen molar-refractivity contribution in [1.29, 1.82) is 0 Å². The first-order valence-corrected chi connectivity index (χ1v) is 7.21. The largest absolute Gasteiger partial charge is 0.381 e. The van der Waals surface area contributed by atoms with Crippen LogP contribution >= 0.6 is 11.8 Å². The quantitative estimate of drug-likeness (QED) is 0.699. The fourth-order valence-electron chi connectivity index (χ4n) is 3.72. The first-order chi connectivity index (χ1) is 7.66. The van der Waals surface area contributed by atoms with Crippen molar-refractivity contribution in [2.45, 2.75) is 43.4 Å². The van der Waals surface area contributed by atoms with Gasteiger partial charge in [-0.15, -0.1) is 0 Å². The van der Waals surface area contributed by atoms with E-state index in [1.54, 1.807) is 0 Å². The lowest BCUT2D eigenvalue weighted by Crippen LogP contribution is -2.56. The molecule has 0 aromatic carbocycles. The number of fused-ring (bicyclic) bond motifs is 1. The lowest BCUT2D eigenvalue weighted by atomic mass is 9.65. The van der Waals surface area contributed by atoms with Crippen LogP contribution in [0, 0.1) is 5.41 Å². The Morgan fingerprint density at radius 3 is 2.81 bits per heavy atom. The number of nitrogens with one attached hydrogen (secondary N) is 1. The molecule has 2 spiro atoms. The molecule has 1 amide bonds. The summed E-state index contributed by atoms with van der Waals surface area (Å²) in [6, 6.07) is 0. The third-order valence-electron chi connectivity index (χ3n) is 4.56. The van der Waals surface area contributed by atoms with E-state index >= 15 is 0 Å². The zero-order chi connectivity index (χ0) is 11.2. The van der Waals surface area contributed by atoms with E-state index in [0.29, 0.717) is 5.25 Å². The summed E-state index contributed by atoms with van der Waals surface area (Å²) in [4.78, 5) is 11.8. The second kappa shape index (κ2) is 3.64. The number of thioether (sulfide) groups is 1. The predicted octanol–water partition coefficient (Wildman–Crippen LogP) is 1.57. The molecule has 0 aromatic rings. The van der Waals surface area contributed by atoms with Gasteiger partial charge in [-0.3, -0.25) is 4.79 Å². The van der Waals surface area contributed by atoms with Crippen molar-refractivity contribution in [3.63, 3.8) is 0 Å². The Morgan fingerprint density at radius 1 is 1.44 bits per heavy atom. The van der Waals surface area contributed by atoms with E-state index in [1.807, 2.05) is 11.8 Å². The van der Waals surface area contributed by atoms with E-state index in [0.717, 1.165) is 38.2 Å². The van der Waals surface area contributed by atoms with E-state index in [1.165, 1.54) is 6.42 Å². The predicted molar refractivity (Wildman–Crippen MR) is 64.5 cm³/mol. The first-order valence-electron chi connectivity index (χ1n) is 6.16. The molecule has 3 aliphatic rings. The Balaban J connectivity index is 1.92. The number of hydrogen-bond acceptors (Lipinski definition) is 3. The van der Waals surface area contributed by atoms with Gasteiger partial charge in [0.1, 0.15) is 0 Å². The molecule has 4 heteroatoms. The van der Waals surface area contributed by atoms with Crippen LogP contribution in [0.5, 0.6) is 0 Å². The van der Waals surface area contributed by atoms with Crippen molar-refractivity contribution in [1.82, 2.24) is 5.32 Å². The Labute approximate surface area is 101 Å². The zero-order valence-electron chi connectivity index (χ0n) is 9.75. The van der Waals surface area contributed by atoms with Gasteiger partial charge in [-0.1, -0.05) is 6.92 Å². The van der Waals surface area contributed by atoms with Gasteiger partial charge in [0.25, 0.3) is 0 Å². The Bertz CT molecular complexity index is 301. The number of rotatable bonds is 0. The Hall–Kier alpha value is -0.220. The lowest BCUT2D eigenvalue weighted by Gasteiger charge is -2.45. The van der Waals surface area contributed by atoms with Crippen molar-refractivity contribution in [3.8, 4) is 0 Å². The first kappa shape index (κ1) is 10.9. The number of ether oxygens (including phenoxy) is 1. The number of hydrogen-bond donors (Lipinski definition) is 1. The molecule has 0 aromatic heterocycles. The molecule has 16 heavy (non-hydrogen) atoms. The van der Waals surface area contributed by atoms with Crippen LogP contribution in [0.25, 0.3) is 0 Å². The van der Waals surface area contributed by atoms with Crippen LogP contribution in [0.1, 0.15) is 32.6 Å². The summed E-state index contributed by atoms with van der Waals surface area (Å²) in [5.41, 5.74) is 0.276. The van der Waals surface area contributed by atoms with Gasteiger partial charge in [0, 0.05) is 36.1 Å². The third kappa shape index (κ3) is 1.42. The summed E-state index contributed by atoms with van der Waals surface area (Å²) in [5, 5.41) is 3.99. The van der Waals surface area contributed by atoms with Crippen LogP contribution in [0.3, 0.4) is 0 Å². The van der Waals surface area contributed by atoms with E-state index in [9.17, 15) is 4.79 Å². The standard InChI is InChI=1S/C12H19NO2S/c1-9-6-11(8-16-9)7-10(14)13-12(11)2-4-15-5-3-12/h9H,2-8H2,1H3,(H,13,14). The van der Waals surface area contributed by atoms with Crippen molar-refractivity contribution >= 4 is 17.7 Å². The lowest BCUT2D eigenvalue weighted by molar-refractivity contribution is -0.120. The summed E-state index contributed by atoms with van der Waals surface area (Å²) in [6.07, 6.45) is 3.94. The molecule has 3 rings (SSSR count). The number of carbonyl (C=O) groups is 1. The van der Waals surface area contributed by atoms with Crippen LogP contribution in [-0.2, 0) is 9.53 Å². The normalized spacial score (nSPS) is 41.8. The highest BCUT2D eigenvalue weighted by Crippen LogP contribution is 2.56. The second-order valence-electron chi connectivity index (χ2n) is 5.53. The van der Waals surface area contributed by atoms with Crippen molar-refractivity contribution in [3.05, 3.63) is 0 Å². The van der Waals surface area contributed by atoms with Gasteiger partial charge in [0.15, 0.2) is 0 Å². The summed E-state index contributed by atoms with van der Waals surface area (Å²) < 4.78 is 5.46. The summed E-state index contributed by atoms with van der Waals surface area (Å²) in [7, 11) is 0. The molecule has 90 valence electrons. The van der Waals surface area contributed by atoms with Gasteiger partial charge < -0.3 is 10.1 Å². The Kier molecular flexibility index (Phi) is 2.48. The fourth-order valence-corrected chi connectivity index (χ4v) is 5.26. The van der Waals surface area contributed by atoms with Gasteiger partial charge in [0.2, 0.25) is 5.91 Å². The zero-order valence-corrected chi connectivity index (χ0v) is 10.6. The average Bonchev–Trinajstić information content (AvgIpc) is 2.72. The van der Waals surface area contributed by atoms with Crippen LogP contribution in [-0.4, -0.2) is 35.7 Å². The minimum atomic E-state index is 0.0556. The molecule has 3 nitrogen and oxygen atoms in total. The van der Waals surface area contributed by atoms with Crippen LogP contribution in [0.4, 0.5) is 0 Å². The highest BCUT2D eigenvalue weighted by molar-refractivity contribution is 8.00. The second-order valence-corrected chi connectivity index (χ2v) is 6.95. The number of amides is 1. The molecule has 2 atom stereocenters. The highest BCUT2D eigenvalue weighted by atomic mass is 32.2. The van der Waals surface area contributed by atoms with E-state index < -0.39 is 0 Å². The maximum atomic E-state index is 11.8. The van der Waals surface area contributed by atoms with Gasteiger partial charge >= 0.3 is 0 Å².